The molecule has 7 heteroatoms. The van der Waals surface area contributed by atoms with Crippen LogP contribution in [-0.4, -0.2) is 14.8 Å². The minimum Gasteiger partial charge on any atom is -0.271 e. The van der Waals surface area contributed by atoms with E-state index in [-0.39, 0.29) is 5.69 Å². The lowest BCUT2D eigenvalue weighted by atomic mass is 10.1. The summed E-state index contributed by atoms with van der Waals surface area (Å²) in [5.74, 6) is 5.13. The summed E-state index contributed by atoms with van der Waals surface area (Å²) in [6.45, 7) is 1.98. The third kappa shape index (κ3) is 2.82. The van der Waals surface area contributed by atoms with E-state index >= 15 is 0 Å². The average molecular weight is 298 g/mol. The number of aromatic nitrogens is 3. The number of aryl methyl sites for hydroxylation is 2. The lowest BCUT2D eigenvalue weighted by Crippen LogP contribution is -2.31. The van der Waals surface area contributed by atoms with Crippen molar-refractivity contribution in [2.24, 2.45) is 12.9 Å². The summed E-state index contributed by atoms with van der Waals surface area (Å²) in [5, 5.41) is 4.94. The van der Waals surface area contributed by atoms with Crippen LogP contribution in [0.25, 0.3) is 0 Å². The molecule has 108 valence electrons. The molecule has 2 rings (SSSR count). The van der Waals surface area contributed by atoms with Crippen LogP contribution in [0.15, 0.2) is 18.3 Å². The largest absolute Gasteiger partial charge is 0.271 e. The van der Waals surface area contributed by atoms with E-state index in [1.54, 1.807) is 10.7 Å². The van der Waals surface area contributed by atoms with Crippen LogP contribution < -0.4 is 11.3 Å². The maximum absolute atomic E-state index is 13.8. The minimum atomic E-state index is -0.464. The third-order valence-electron chi connectivity index (χ3n) is 3.22. The van der Waals surface area contributed by atoms with Gasteiger partial charge in [0.05, 0.1) is 28.1 Å². The third-order valence-corrected chi connectivity index (χ3v) is 3.65. The Balaban J connectivity index is 2.32. The van der Waals surface area contributed by atoms with Crippen LogP contribution in [-0.2, 0) is 19.9 Å². The zero-order valence-electron chi connectivity index (χ0n) is 11.4. The van der Waals surface area contributed by atoms with Crippen LogP contribution in [0.3, 0.4) is 0 Å². The standard InChI is InChI=1S/C13H17ClFN5/c1-3-9-12(14)11(20(2)19-9)7-10(18-16)13-8(15)5-4-6-17-13/h4-6,10,18H,3,7,16H2,1-2H3. The summed E-state index contributed by atoms with van der Waals surface area (Å²) in [7, 11) is 1.81. The molecule has 2 aromatic heterocycles. The first-order valence-corrected chi connectivity index (χ1v) is 6.73. The van der Waals surface area contributed by atoms with Crippen molar-refractivity contribution in [1.29, 1.82) is 0 Å². The molecule has 0 saturated carbocycles. The van der Waals surface area contributed by atoms with Crippen LogP contribution in [0.4, 0.5) is 4.39 Å². The van der Waals surface area contributed by atoms with Gasteiger partial charge in [0, 0.05) is 19.7 Å². The molecular weight excluding hydrogens is 281 g/mol. The Kier molecular flexibility index (Phi) is 4.69. The number of nitrogens with zero attached hydrogens (tertiary/aromatic N) is 3. The predicted octanol–water partition coefficient (Wildman–Crippen LogP) is 1.92. The zero-order chi connectivity index (χ0) is 14.7. The molecule has 0 fully saturated rings. The van der Waals surface area contributed by atoms with Crippen molar-refractivity contribution in [3.63, 3.8) is 0 Å². The Morgan fingerprint density at radius 3 is 2.85 bits per heavy atom. The first kappa shape index (κ1) is 14.9. The van der Waals surface area contributed by atoms with E-state index in [0.717, 1.165) is 17.8 Å². The molecule has 1 atom stereocenters. The minimum absolute atomic E-state index is 0.269. The number of halogens is 2. The maximum Gasteiger partial charge on any atom is 0.146 e. The number of hydrogen-bond acceptors (Lipinski definition) is 4. The fraction of sp³-hybridized carbons (Fsp3) is 0.385. The van der Waals surface area contributed by atoms with Crippen LogP contribution in [0.5, 0.6) is 0 Å². The summed E-state index contributed by atoms with van der Waals surface area (Å²) >= 11 is 6.29. The molecule has 0 bridgehead atoms. The monoisotopic (exact) mass is 297 g/mol. The van der Waals surface area contributed by atoms with Crippen molar-refractivity contribution in [2.75, 3.05) is 0 Å². The second-order valence-electron chi connectivity index (χ2n) is 4.48. The van der Waals surface area contributed by atoms with Gasteiger partial charge in [0.25, 0.3) is 0 Å². The summed E-state index contributed by atoms with van der Waals surface area (Å²) in [6, 6.07) is 2.43. The van der Waals surface area contributed by atoms with Crippen molar-refractivity contribution in [3.05, 3.63) is 46.3 Å². The van der Waals surface area contributed by atoms with E-state index in [0.29, 0.717) is 11.4 Å². The van der Waals surface area contributed by atoms with E-state index in [1.807, 2.05) is 14.0 Å². The molecule has 5 nitrogen and oxygen atoms in total. The molecule has 0 amide bonds. The van der Waals surface area contributed by atoms with E-state index in [1.165, 1.54) is 12.3 Å². The summed E-state index contributed by atoms with van der Waals surface area (Å²) < 4.78 is 15.5. The van der Waals surface area contributed by atoms with Crippen LogP contribution in [0, 0.1) is 5.82 Å². The van der Waals surface area contributed by atoms with Crippen molar-refractivity contribution >= 4 is 11.6 Å². The smallest absolute Gasteiger partial charge is 0.146 e. The molecule has 1 unspecified atom stereocenters. The van der Waals surface area contributed by atoms with Crippen molar-refractivity contribution < 1.29 is 4.39 Å². The number of hydrazine groups is 1. The quantitative estimate of drug-likeness (QED) is 0.653. The van der Waals surface area contributed by atoms with Gasteiger partial charge in [-0.3, -0.25) is 20.9 Å². The van der Waals surface area contributed by atoms with Gasteiger partial charge in [-0.15, -0.1) is 0 Å². The molecule has 0 saturated heterocycles. The van der Waals surface area contributed by atoms with Crippen LogP contribution in [0.1, 0.15) is 30.0 Å². The highest BCUT2D eigenvalue weighted by molar-refractivity contribution is 6.31. The van der Waals surface area contributed by atoms with Gasteiger partial charge in [0.15, 0.2) is 0 Å². The molecule has 0 radical (unpaired) electrons. The highest BCUT2D eigenvalue weighted by Crippen LogP contribution is 2.26. The molecule has 0 aliphatic rings. The van der Waals surface area contributed by atoms with Crippen LogP contribution >= 0.6 is 11.6 Å². The highest BCUT2D eigenvalue weighted by Gasteiger charge is 2.21. The number of nitrogens with one attached hydrogen (secondary N) is 1. The van der Waals surface area contributed by atoms with Gasteiger partial charge in [-0.25, -0.2) is 4.39 Å². The topological polar surface area (TPSA) is 68.8 Å². The second kappa shape index (κ2) is 6.30. The Labute approximate surface area is 121 Å². The molecule has 2 heterocycles. The first-order chi connectivity index (χ1) is 9.58. The molecular formula is C13H17ClFN5. The molecule has 0 aliphatic heterocycles. The van der Waals surface area contributed by atoms with Gasteiger partial charge in [-0.05, 0) is 18.6 Å². The Hall–Kier alpha value is -1.50. The predicted molar refractivity (Wildman–Crippen MR) is 75.6 cm³/mol. The molecule has 0 aliphatic carbocycles. The highest BCUT2D eigenvalue weighted by atomic mass is 35.5. The van der Waals surface area contributed by atoms with Crippen LogP contribution in [0.2, 0.25) is 5.02 Å². The fourth-order valence-electron chi connectivity index (χ4n) is 2.12. The number of rotatable bonds is 5. The molecule has 0 spiro atoms. The van der Waals surface area contributed by atoms with E-state index in [2.05, 4.69) is 15.5 Å². The van der Waals surface area contributed by atoms with Gasteiger partial charge >= 0.3 is 0 Å². The molecule has 20 heavy (non-hydrogen) atoms. The maximum atomic E-state index is 13.8. The van der Waals surface area contributed by atoms with Crippen molar-refractivity contribution in [1.82, 2.24) is 20.2 Å². The zero-order valence-corrected chi connectivity index (χ0v) is 12.2. The Bertz CT molecular complexity index is 598. The van der Waals surface area contributed by atoms with Crippen molar-refractivity contribution in [3.8, 4) is 0 Å². The molecule has 2 aromatic rings. The van der Waals surface area contributed by atoms with E-state index < -0.39 is 11.9 Å². The second-order valence-corrected chi connectivity index (χ2v) is 4.86. The summed E-state index contributed by atoms with van der Waals surface area (Å²) in [5.41, 5.74) is 4.48. The van der Waals surface area contributed by atoms with Gasteiger partial charge in [-0.1, -0.05) is 18.5 Å². The van der Waals surface area contributed by atoms with Gasteiger partial charge in [-0.2, -0.15) is 5.10 Å². The summed E-state index contributed by atoms with van der Waals surface area (Å²) in [4.78, 5) is 4.04. The van der Waals surface area contributed by atoms with E-state index in [4.69, 9.17) is 17.4 Å². The number of hydrogen-bond donors (Lipinski definition) is 2. The molecule has 3 N–H and O–H groups in total. The van der Waals surface area contributed by atoms with Gasteiger partial charge < -0.3 is 0 Å². The normalized spacial score (nSPS) is 12.7. The van der Waals surface area contributed by atoms with Crippen molar-refractivity contribution in [2.45, 2.75) is 25.8 Å². The first-order valence-electron chi connectivity index (χ1n) is 6.35. The van der Waals surface area contributed by atoms with E-state index in [9.17, 15) is 4.39 Å². The Morgan fingerprint density at radius 1 is 1.55 bits per heavy atom. The number of pyridine rings is 1. The SMILES string of the molecule is CCc1nn(C)c(CC(NN)c2ncccc2F)c1Cl. The Morgan fingerprint density at radius 2 is 2.30 bits per heavy atom. The number of nitrogens with two attached hydrogens (primary N) is 1. The fourth-order valence-corrected chi connectivity index (χ4v) is 2.49. The lowest BCUT2D eigenvalue weighted by Gasteiger charge is -2.16. The summed E-state index contributed by atoms with van der Waals surface area (Å²) in [6.07, 6.45) is 2.68. The lowest BCUT2D eigenvalue weighted by molar-refractivity contribution is 0.483. The average Bonchev–Trinajstić information content (AvgIpc) is 2.72. The van der Waals surface area contributed by atoms with Gasteiger partial charge in [0.2, 0.25) is 0 Å². The van der Waals surface area contributed by atoms with Gasteiger partial charge in [0.1, 0.15) is 5.82 Å². The molecule has 0 aromatic carbocycles.